The van der Waals surface area contributed by atoms with Crippen LogP contribution in [-0.4, -0.2) is 31.2 Å². The lowest BCUT2D eigenvalue weighted by molar-refractivity contribution is 0.0697. The lowest BCUT2D eigenvalue weighted by atomic mass is 10.1. The van der Waals surface area contributed by atoms with Crippen molar-refractivity contribution in [2.75, 3.05) is 0 Å². The first kappa shape index (κ1) is 8.36. The number of hydrogen-bond acceptors (Lipinski definition) is 4. The summed E-state index contributed by atoms with van der Waals surface area (Å²) >= 11 is 0. The molecule has 0 saturated carbocycles. The molecule has 70 valence electrons. The number of H-pyrrole nitrogens is 1. The van der Waals surface area contributed by atoms with Crippen LogP contribution < -0.4 is 0 Å². The van der Waals surface area contributed by atoms with Gasteiger partial charge in [0.15, 0.2) is 0 Å². The molecule has 0 aliphatic carbocycles. The molecular weight excluding hydrogens is 184 g/mol. The summed E-state index contributed by atoms with van der Waals surface area (Å²) in [5, 5.41) is 16.0. The molecule has 6 nitrogen and oxygen atoms in total. The Kier molecular flexibility index (Phi) is 1.94. The van der Waals surface area contributed by atoms with Crippen molar-refractivity contribution in [1.82, 2.24) is 20.2 Å². The molecule has 0 amide bonds. The quantitative estimate of drug-likeness (QED) is 0.722. The van der Waals surface area contributed by atoms with Gasteiger partial charge in [0.1, 0.15) is 0 Å². The van der Waals surface area contributed by atoms with E-state index in [1.165, 1.54) is 24.9 Å². The molecule has 2 heterocycles. The number of aromatic carboxylic acids is 1. The van der Waals surface area contributed by atoms with Gasteiger partial charge < -0.3 is 10.1 Å². The second kappa shape index (κ2) is 3.25. The van der Waals surface area contributed by atoms with Gasteiger partial charge in [-0.1, -0.05) is 0 Å². The molecule has 0 unspecified atom stereocenters. The molecule has 6 heteroatoms. The van der Waals surface area contributed by atoms with Gasteiger partial charge in [-0.15, -0.1) is 0 Å². The third-order valence-electron chi connectivity index (χ3n) is 1.75. The maximum Gasteiger partial charge on any atom is 0.338 e. The predicted molar refractivity (Wildman–Crippen MR) is 46.6 cm³/mol. The largest absolute Gasteiger partial charge is 0.478 e. The van der Waals surface area contributed by atoms with Crippen LogP contribution >= 0.6 is 0 Å². The summed E-state index contributed by atoms with van der Waals surface area (Å²) < 4.78 is 0. The molecule has 0 bridgehead atoms. The van der Waals surface area contributed by atoms with Crippen molar-refractivity contribution in [1.29, 1.82) is 0 Å². The first-order chi connectivity index (χ1) is 6.79. The van der Waals surface area contributed by atoms with Crippen molar-refractivity contribution in [2.45, 2.75) is 0 Å². The van der Waals surface area contributed by atoms with Crippen molar-refractivity contribution in [3.63, 3.8) is 0 Å². The van der Waals surface area contributed by atoms with E-state index in [4.69, 9.17) is 5.11 Å². The Morgan fingerprint density at radius 1 is 1.29 bits per heavy atom. The number of rotatable bonds is 2. The highest BCUT2D eigenvalue weighted by Crippen LogP contribution is 2.18. The predicted octanol–water partition coefficient (Wildman–Crippen LogP) is 0.565. The summed E-state index contributed by atoms with van der Waals surface area (Å²) in [5.74, 6) is -1.04. The Bertz CT molecular complexity index is 452. The first-order valence-electron chi connectivity index (χ1n) is 3.82. The van der Waals surface area contributed by atoms with E-state index < -0.39 is 5.97 Å². The number of carboxylic acids is 1. The maximum absolute atomic E-state index is 10.8. The zero-order chi connectivity index (χ0) is 9.97. The monoisotopic (exact) mass is 190 g/mol. The van der Waals surface area contributed by atoms with E-state index >= 15 is 0 Å². The van der Waals surface area contributed by atoms with Crippen molar-refractivity contribution in [2.24, 2.45) is 0 Å². The standard InChI is InChI=1S/C8H6N4O2/c13-8(14)6-2-12-11-1-5(6)7-3-9-4-10-7/h1-4H,(H,9,10)(H,13,14). The molecule has 2 rings (SSSR count). The fourth-order valence-electron chi connectivity index (χ4n) is 1.11. The van der Waals surface area contributed by atoms with E-state index in [-0.39, 0.29) is 5.56 Å². The van der Waals surface area contributed by atoms with Gasteiger partial charge in [-0.2, -0.15) is 10.2 Å². The maximum atomic E-state index is 10.8. The third-order valence-corrected chi connectivity index (χ3v) is 1.75. The Morgan fingerprint density at radius 3 is 2.71 bits per heavy atom. The lowest BCUT2D eigenvalue weighted by Gasteiger charge is -2.00. The van der Waals surface area contributed by atoms with Crippen LogP contribution in [0.1, 0.15) is 10.4 Å². The summed E-state index contributed by atoms with van der Waals surface area (Å²) in [5.41, 5.74) is 1.19. The number of imidazole rings is 1. The van der Waals surface area contributed by atoms with Crippen LogP contribution in [-0.2, 0) is 0 Å². The number of hydrogen-bond donors (Lipinski definition) is 2. The fraction of sp³-hybridized carbons (Fsp3) is 0. The molecule has 14 heavy (non-hydrogen) atoms. The zero-order valence-electron chi connectivity index (χ0n) is 7.01. The molecule has 0 aliphatic heterocycles. The Labute approximate surface area is 78.6 Å². The normalized spacial score (nSPS) is 10.0. The molecule has 2 N–H and O–H groups in total. The minimum Gasteiger partial charge on any atom is -0.478 e. The van der Waals surface area contributed by atoms with Crippen LogP contribution in [0.4, 0.5) is 0 Å². The van der Waals surface area contributed by atoms with Gasteiger partial charge in [0.2, 0.25) is 0 Å². The molecule has 0 aliphatic rings. The summed E-state index contributed by atoms with van der Waals surface area (Å²) in [4.78, 5) is 17.4. The molecular formula is C8H6N4O2. The Morgan fingerprint density at radius 2 is 2.07 bits per heavy atom. The summed E-state index contributed by atoms with van der Waals surface area (Å²) in [6.45, 7) is 0. The van der Waals surface area contributed by atoms with Gasteiger partial charge >= 0.3 is 5.97 Å². The van der Waals surface area contributed by atoms with E-state index in [1.807, 2.05) is 0 Å². The highest BCUT2D eigenvalue weighted by Gasteiger charge is 2.12. The van der Waals surface area contributed by atoms with Crippen LogP contribution in [0.2, 0.25) is 0 Å². The summed E-state index contributed by atoms with van der Waals surface area (Å²) in [6.07, 6.45) is 5.60. The van der Waals surface area contributed by atoms with Crippen LogP contribution in [0.3, 0.4) is 0 Å². The van der Waals surface area contributed by atoms with E-state index in [9.17, 15) is 4.79 Å². The highest BCUT2D eigenvalue weighted by molar-refractivity contribution is 5.94. The average Bonchev–Trinajstić information content (AvgIpc) is 2.70. The minimum absolute atomic E-state index is 0.101. The van der Waals surface area contributed by atoms with Crippen molar-refractivity contribution in [3.8, 4) is 11.3 Å². The average molecular weight is 190 g/mol. The number of aromatic nitrogens is 4. The van der Waals surface area contributed by atoms with Crippen LogP contribution in [0.15, 0.2) is 24.9 Å². The second-order valence-electron chi connectivity index (χ2n) is 2.59. The van der Waals surface area contributed by atoms with Crippen molar-refractivity contribution in [3.05, 3.63) is 30.5 Å². The van der Waals surface area contributed by atoms with Gasteiger partial charge in [-0.3, -0.25) is 0 Å². The lowest BCUT2D eigenvalue weighted by Crippen LogP contribution is -2.01. The van der Waals surface area contributed by atoms with Crippen LogP contribution in [0.25, 0.3) is 11.3 Å². The van der Waals surface area contributed by atoms with Crippen molar-refractivity contribution >= 4 is 5.97 Å². The van der Waals surface area contributed by atoms with E-state index in [0.29, 0.717) is 11.3 Å². The Balaban J connectivity index is 2.58. The van der Waals surface area contributed by atoms with Gasteiger partial charge in [-0.25, -0.2) is 9.78 Å². The smallest absolute Gasteiger partial charge is 0.338 e. The van der Waals surface area contributed by atoms with E-state index in [0.717, 1.165) is 0 Å². The SMILES string of the molecule is O=C(O)c1cnncc1-c1cnc[nH]1. The van der Waals surface area contributed by atoms with Gasteiger partial charge in [-0.05, 0) is 0 Å². The van der Waals surface area contributed by atoms with Crippen molar-refractivity contribution < 1.29 is 9.90 Å². The Hall–Kier alpha value is -2.24. The number of carbonyl (C=O) groups is 1. The van der Waals surface area contributed by atoms with Crippen LogP contribution in [0, 0.1) is 0 Å². The van der Waals surface area contributed by atoms with Gasteiger partial charge in [0.25, 0.3) is 0 Å². The summed E-state index contributed by atoms with van der Waals surface area (Å²) in [7, 11) is 0. The fourth-order valence-corrected chi connectivity index (χ4v) is 1.11. The molecule has 0 fully saturated rings. The number of carboxylic acid groups (broad SMARTS) is 1. The first-order valence-corrected chi connectivity index (χ1v) is 3.82. The highest BCUT2D eigenvalue weighted by atomic mass is 16.4. The molecule has 2 aromatic rings. The number of nitrogens with one attached hydrogen (secondary N) is 1. The molecule has 0 atom stereocenters. The molecule has 2 aromatic heterocycles. The molecule has 0 saturated heterocycles. The van der Waals surface area contributed by atoms with E-state index in [2.05, 4.69) is 20.2 Å². The van der Waals surface area contributed by atoms with Crippen LogP contribution in [0.5, 0.6) is 0 Å². The number of nitrogens with zero attached hydrogens (tertiary/aromatic N) is 3. The second-order valence-corrected chi connectivity index (χ2v) is 2.59. The minimum atomic E-state index is -1.04. The zero-order valence-corrected chi connectivity index (χ0v) is 7.01. The molecule has 0 aromatic carbocycles. The third kappa shape index (κ3) is 1.33. The van der Waals surface area contributed by atoms with Gasteiger partial charge in [0.05, 0.1) is 36.2 Å². The number of aromatic amines is 1. The summed E-state index contributed by atoms with van der Waals surface area (Å²) in [6, 6.07) is 0. The molecule has 0 spiro atoms. The topological polar surface area (TPSA) is 91.8 Å². The van der Waals surface area contributed by atoms with E-state index in [1.54, 1.807) is 0 Å². The van der Waals surface area contributed by atoms with Gasteiger partial charge in [0, 0.05) is 5.56 Å². The molecule has 0 radical (unpaired) electrons.